The first-order valence-corrected chi connectivity index (χ1v) is 6.75. The number of fused-ring (bicyclic) bond motifs is 3. The molecule has 1 saturated carbocycles. The van der Waals surface area contributed by atoms with Crippen LogP contribution in [-0.4, -0.2) is 33.9 Å². The molecule has 2 aliphatic rings. The van der Waals surface area contributed by atoms with E-state index in [1.54, 1.807) is 12.5 Å². The first-order chi connectivity index (χ1) is 9.29. The Balaban J connectivity index is 1.53. The number of carbonyl (C=O) groups excluding carboxylic acids is 1. The summed E-state index contributed by atoms with van der Waals surface area (Å²) in [6.07, 6.45) is 7.67. The van der Waals surface area contributed by atoms with Gasteiger partial charge in [-0.25, -0.2) is 4.98 Å². The summed E-state index contributed by atoms with van der Waals surface area (Å²) >= 11 is 0. The fourth-order valence-corrected chi connectivity index (χ4v) is 3.33. The molecule has 5 nitrogen and oxygen atoms in total. The highest BCUT2D eigenvalue weighted by Crippen LogP contribution is 2.31. The lowest BCUT2D eigenvalue weighted by atomic mass is 10.1. The van der Waals surface area contributed by atoms with Crippen LogP contribution in [0.2, 0.25) is 0 Å². The number of nitrogens with zero attached hydrogens (tertiary/aromatic N) is 2. The summed E-state index contributed by atoms with van der Waals surface area (Å²) in [5.41, 5.74) is 1.65. The Morgan fingerprint density at radius 1 is 1.47 bits per heavy atom. The number of piperidine rings is 1. The molecular formula is C14H16N4O. The van der Waals surface area contributed by atoms with E-state index in [0.29, 0.717) is 11.6 Å². The van der Waals surface area contributed by atoms with Crippen LogP contribution >= 0.6 is 0 Å². The smallest absolute Gasteiger partial charge is 0.251 e. The van der Waals surface area contributed by atoms with Gasteiger partial charge in [-0.1, -0.05) is 0 Å². The number of pyridine rings is 1. The molecule has 0 spiro atoms. The number of hydrogen-bond donors (Lipinski definition) is 2. The van der Waals surface area contributed by atoms with Crippen LogP contribution in [0.3, 0.4) is 0 Å². The zero-order valence-electron chi connectivity index (χ0n) is 10.5. The molecule has 2 aromatic rings. The fraction of sp³-hybridized carbons (Fsp3) is 0.429. The van der Waals surface area contributed by atoms with E-state index in [-0.39, 0.29) is 11.9 Å². The van der Waals surface area contributed by atoms with E-state index < -0.39 is 0 Å². The van der Waals surface area contributed by atoms with Gasteiger partial charge in [0.25, 0.3) is 5.91 Å². The van der Waals surface area contributed by atoms with E-state index in [2.05, 4.69) is 15.6 Å². The standard InChI is InChI=1S/C14H16N4O/c19-14(17-13-4-9-3-12(13)16-6-9)10-1-2-18-8-15-7-11(18)5-10/h1-2,5,7-9,12-13,16H,3-4,6H2,(H,17,19)/t9-,12+,13-/m0/s1. The predicted molar refractivity (Wildman–Crippen MR) is 71.0 cm³/mol. The number of hydrogen-bond acceptors (Lipinski definition) is 3. The number of rotatable bonds is 2. The van der Waals surface area contributed by atoms with Gasteiger partial charge in [-0.3, -0.25) is 4.79 Å². The first-order valence-electron chi connectivity index (χ1n) is 6.75. The van der Waals surface area contributed by atoms with E-state index in [4.69, 9.17) is 0 Å². The Bertz CT molecular complexity index is 635. The third-order valence-corrected chi connectivity index (χ3v) is 4.32. The van der Waals surface area contributed by atoms with Crippen LogP contribution in [0.25, 0.3) is 5.52 Å². The Morgan fingerprint density at radius 2 is 2.42 bits per heavy atom. The van der Waals surface area contributed by atoms with E-state index in [1.165, 1.54) is 6.42 Å². The van der Waals surface area contributed by atoms with Crippen LogP contribution in [-0.2, 0) is 0 Å². The molecule has 2 aromatic heterocycles. The molecule has 98 valence electrons. The lowest BCUT2D eigenvalue weighted by molar-refractivity contribution is 0.0928. The Morgan fingerprint density at radius 3 is 3.21 bits per heavy atom. The highest BCUT2D eigenvalue weighted by atomic mass is 16.1. The molecule has 0 radical (unpaired) electrons. The van der Waals surface area contributed by atoms with Crippen molar-refractivity contribution in [2.45, 2.75) is 24.9 Å². The van der Waals surface area contributed by atoms with Crippen molar-refractivity contribution < 1.29 is 4.79 Å². The monoisotopic (exact) mass is 256 g/mol. The maximum atomic E-state index is 12.3. The quantitative estimate of drug-likeness (QED) is 0.836. The highest BCUT2D eigenvalue weighted by Gasteiger charge is 2.39. The lowest BCUT2D eigenvalue weighted by Crippen LogP contribution is -2.47. The van der Waals surface area contributed by atoms with Gasteiger partial charge in [-0.15, -0.1) is 0 Å². The van der Waals surface area contributed by atoms with Gasteiger partial charge in [-0.05, 0) is 37.4 Å². The summed E-state index contributed by atoms with van der Waals surface area (Å²) < 4.78 is 1.90. The van der Waals surface area contributed by atoms with Gasteiger partial charge in [0.1, 0.15) is 0 Å². The minimum Gasteiger partial charge on any atom is -0.348 e. The van der Waals surface area contributed by atoms with Crippen molar-refractivity contribution in [1.29, 1.82) is 0 Å². The largest absolute Gasteiger partial charge is 0.348 e. The van der Waals surface area contributed by atoms with Crippen molar-refractivity contribution in [1.82, 2.24) is 20.0 Å². The molecule has 1 aliphatic heterocycles. The third kappa shape index (κ3) is 1.81. The van der Waals surface area contributed by atoms with Gasteiger partial charge in [0, 0.05) is 23.8 Å². The van der Waals surface area contributed by atoms with Crippen molar-refractivity contribution >= 4 is 11.4 Å². The number of amides is 1. The number of aromatic nitrogens is 2. The molecule has 19 heavy (non-hydrogen) atoms. The van der Waals surface area contributed by atoms with Crippen molar-refractivity contribution in [2.24, 2.45) is 5.92 Å². The zero-order chi connectivity index (χ0) is 12.8. The summed E-state index contributed by atoms with van der Waals surface area (Å²) in [5, 5.41) is 6.61. The van der Waals surface area contributed by atoms with E-state index in [1.807, 2.05) is 22.7 Å². The lowest BCUT2D eigenvalue weighted by Gasteiger charge is -2.24. The molecule has 0 unspecified atom stereocenters. The van der Waals surface area contributed by atoms with Gasteiger partial charge < -0.3 is 15.0 Å². The molecule has 5 heteroatoms. The SMILES string of the molecule is O=C(N[C@H]1C[C@H]2CN[C@@H]1C2)c1ccn2cncc2c1. The summed E-state index contributed by atoms with van der Waals surface area (Å²) in [5.74, 6) is 0.760. The van der Waals surface area contributed by atoms with Crippen LogP contribution in [0.4, 0.5) is 0 Å². The topological polar surface area (TPSA) is 58.4 Å². The molecule has 1 saturated heterocycles. The molecule has 2 fully saturated rings. The molecule has 2 bridgehead atoms. The second-order valence-electron chi connectivity index (χ2n) is 5.57. The number of nitrogens with one attached hydrogen (secondary N) is 2. The average molecular weight is 256 g/mol. The van der Waals surface area contributed by atoms with E-state index in [9.17, 15) is 4.79 Å². The van der Waals surface area contributed by atoms with Crippen LogP contribution in [0.5, 0.6) is 0 Å². The summed E-state index contributed by atoms with van der Waals surface area (Å²) in [6.45, 7) is 1.11. The van der Waals surface area contributed by atoms with Crippen molar-refractivity contribution in [2.75, 3.05) is 6.54 Å². The normalized spacial score (nSPS) is 28.9. The average Bonchev–Trinajstić information content (AvgIpc) is 3.13. The van der Waals surface area contributed by atoms with Crippen molar-refractivity contribution in [3.05, 3.63) is 36.4 Å². The number of carbonyl (C=O) groups is 1. The van der Waals surface area contributed by atoms with E-state index in [0.717, 1.165) is 24.4 Å². The second kappa shape index (κ2) is 4.06. The molecule has 1 amide bonds. The molecule has 2 N–H and O–H groups in total. The summed E-state index contributed by atoms with van der Waals surface area (Å²) in [7, 11) is 0. The maximum Gasteiger partial charge on any atom is 0.251 e. The highest BCUT2D eigenvalue weighted by molar-refractivity contribution is 5.95. The molecule has 0 aromatic carbocycles. The number of imidazole rings is 1. The van der Waals surface area contributed by atoms with Gasteiger partial charge >= 0.3 is 0 Å². The van der Waals surface area contributed by atoms with Crippen LogP contribution in [0.15, 0.2) is 30.9 Å². The predicted octanol–water partition coefficient (Wildman–Crippen LogP) is 0.814. The van der Waals surface area contributed by atoms with Gasteiger partial charge in [0.05, 0.1) is 18.0 Å². The Labute approximate surface area is 111 Å². The van der Waals surface area contributed by atoms with Crippen molar-refractivity contribution in [3.8, 4) is 0 Å². The maximum absolute atomic E-state index is 12.3. The fourth-order valence-electron chi connectivity index (χ4n) is 3.33. The minimum absolute atomic E-state index is 0.0167. The summed E-state index contributed by atoms with van der Waals surface area (Å²) in [6, 6.07) is 4.47. The van der Waals surface area contributed by atoms with E-state index >= 15 is 0 Å². The van der Waals surface area contributed by atoms with Crippen LogP contribution in [0, 0.1) is 5.92 Å². The zero-order valence-corrected chi connectivity index (χ0v) is 10.5. The molecule has 4 rings (SSSR count). The van der Waals surface area contributed by atoms with Crippen molar-refractivity contribution in [3.63, 3.8) is 0 Å². The van der Waals surface area contributed by atoms with Gasteiger partial charge in [0.2, 0.25) is 0 Å². The summed E-state index contributed by atoms with van der Waals surface area (Å²) in [4.78, 5) is 16.3. The minimum atomic E-state index is 0.0167. The molecule has 3 atom stereocenters. The first kappa shape index (κ1) is 11.0. The molecule has 1 aliphatic carbocycles. The Kier molecular flexibility index (Phi) is 2.35. The molecule has 3 heterocycles. The third-order valence-electron chi connectivity index (χ3n) is 4.32. The van der Waals surface area contributed by atoms with Crippen LogP contribution in [0.1, 0.15) is 23.2 Å². The second-order valence-corrected chi connectivity index (χ2v) is 5.57. The van der Waals surface area contributed by atoms with Gasteiger partial charge in [-0.2, -0.15) is 0 Å². The van der Waals surface area contributed by atoms with Crippen LogP contribution < -0.4 is 10.6 Å². The Hall–Kier alpha value is -1.88. The molecular weight excluding hydrogens is 240 g/mol. The van der Waals surface area contributed by atoms with Gasteiger partial charge in [0.15, 0.2) is 0 Å².